The smallest absolute Gasteiger partial charge is 0.289 e. The third kappa shape index (κ3) is 5.38. The summed E-state index contributed by atoms with van der Waals surface area (Å²) in [7, 11) is 0. The lowest BCUT2D eigenvalue weighted by atomic mass is 10.1. The Morgan fingerprint density at radius 2 is 1.84 bits per heavy atom. The molecule has 1 aromatic heterocycles. The highest BCUT2D eigenvalue weighted by Gasteiger charge is 2.11. The van der Waals surface area contributed by atoms with Gasteiger partial charge in [0.1, 0.15) is 18.1 Å². The van der Waals surface area contributed by atoms with Gasteiger partial charge in [-0.1, -0.05) is 72.3 Å². The fourth-order valence-corrected chi connectivity index (χ4v) is 3.06. The SMILES string of the molecule is O=C(N/N=C/c1ccccc1Cl)c1cc(-c2cccc(OCc3ccccc3)c2)n[nH]1. The van der Waals surface area contributed by atoms with Gasteiger partial charge in [0.25, 0.3) is 5.91 Å². The van der Waals surface area contributed by atoms with E-state index in [-0.39, 0.29) is 0 Å². The average molecular weight is 431 g/mol. The number of hydrogen-bond acceptors (Lipinski definition) is 4. The lowest BCUT2D eigenvalue weighted by molar-refractivity contribution is 0.0950. The Hall–Kier alpha value is -3.90. The van der Waals surface area contributed by atoms with Crippen LogP contribution in [0.5, 0.6) is 5.75 Å². The molecule has 2 N–H and O–H groups in total. The van der Waals surface area contributed by atoms with E-state index in [0.717, 1.165) is 16.9 Å². The maximum absolute atomic E-state index is 12.3. The summed E-state index contributed by atoms with van der Waals surface area (Å²) in [5.41, 5.74) is 6.02. The van der Waals surface area contributed by atoms with Crippen LogP contribution in [0.4, 0.5) is 0 Å². The fourth-order valence-electron chi connectivity index (χ4n) is 2.87. The highest BCUT2D eigenvalue weighted by molar-refractivity contribution is 6.33. The number of amides is 1. The molecule has 0 atom stereocenters. The minimum Gasteiger partial charge on any atom is -0.489 e. The topological polar surface area (TPSA) is 79.4 Å². The second kappa shape index (κ2) is 9.73. The summed E-state index contributed by atoms with van der Waals surface area (Å²) >= 11 is 6.07. The molecule has 31 heavy (non-hydrogen) atoms. The number of halogens is 1. The maximum atomic E-state index is 12.3. The van der Waals surface area contributed by atoms with E-state index in [1.54, 1.807) is 18.2 Å². The van der Waals surface area contributed by atoms with Crippen LogP contribution in [0, 0.1) is 0 Å². The molecule has 0 aliphatic carbocycles. The van der Waals surface area contributed by atoms with Crippen LogP contribution in [0.25, 0.3) is 11.3 Å². The van der Waals surface area contributed by atoms with Crippen molar-refractivity contribution in [1.29, 1.82) is 0 Å². The van der Waals surface area contributed by atoms with E-state index in [2.05, 4.69) is 20.7 Å². The van der Waals surface area contributed by atoms with Crippen molar-refractivity contribution in [2.75, 3.05) is 0 Å². The van der Waals surface area contributed by atoms with Crippen LogP contribution in [0.3, 0.4) is 0 Å². The van der Waals surface area contributed by atoms with Gasteiger partial charge in [-0.05, 0) is 29.8 Å². The van der Waals surface area contributed by atoms with E-state index < -0.39 is 5.91 Å². The monoisotopic (exact) mass is 430 g/mol. The number of carbonyl (C=O) groups excluding carboxylic acids is 1. The van der Waals surface area contributed by atoms with Crippen LogP contribution in [-0.4, -0.2) is 22.3 Å². The number of nitrogens with zero attached hydrogens (tertiary/aromatic N) is 2. The molecule has 0 spiro atoms. The van der Waals surface area contributed by atoms with Crippen molar-refractivity contribution < 1.29 is 9.53 Å². The lowest BCUT2D eigenvalue weighted by Gasteiger charge is -2.07. The van der Waals surface area contributed by atoms with E-state index in [0.29, 0.717) is 28.6 Å². The number of nitrogens with one attached hydrogen (secondary N) is 2. The molecule has 1 heterocycles. The molecule has 154 valence electrons. The number of carbonyl (C=O) groups is 1. The number of rotatable bonds is 7. The molecule has 4 rings (SSSR count). The van der Waals surface area contributed by atoms with Crippen LogP contribution in [0.15, 0.2) is 90.0 Å². The molecule has 0 aliphatic rings. The Labute approximate surface area is 184 Å². The Balaban J connectivity index is 1.40. The first-order valence-electron chi connectivity index (χ1n) is 9.59. The van der Waals surface area contributed by atoms with Gasteiger partial charge in [0.05, 0.1) is 11.9 Å². The van der Waals surface area contributed by atoms with Crippen molar-refractivity contribution in [3.63, 3.8) is 0 Å². The molecule has 0 saturated carbocycles. The van der Waals surface area contributed by atoms with Crippen LogP contribution in [-0.2, 0) is 6.61 Å². The highest BCUT2D eigenvalue weighted by atomic mass is 35.5. The average Bonchev–Trinajstić information content (AvgIpc) is 3.30. The number of benzene rings is 3. The first-order chi connectivity index (χ1) is 15.2. The van der Waals surface area contributed by atoms with Crippen LogP contribution >= 0.6 is 11.6 Å². The molecule has 7 heteroatoms. The van der Waals surface area contributed by atoms with Gasteiger partial charge < -0.3 is 4.74 Å². The second-order valence-corrected chi connectivity index (χ2v) is 7.10. The second-order valence-electron chi connectivity index (χ2n) is 6.69. The largest absolute Gasteiger partial charge is 0.489 e. The predicted molar refractivity (Wildman–Crippen MR) is 121 cm³/mol. The summed E-state index contributed by atoms with van der Waals surface area (Å²) in [5, 5.41) is 11.5. The summed E-state index contributed by atoms with van der Waals surface area (Å²) < 4.78 is 5.87. The van der Waals surface area contributed by atoms with Gasteiger partial charge in [-0.25, -0.2) is 5.43 Å². The number of hydrogen-bond donors (Lipinski definition) is 2. The zero-order valence-corrected chi connectivity index (χ0v) is 17.2. The number of aromatic nitrogens is 2. The molecule has 4 aromatic rings. The zero-order valence-electron chi connectivity index (χ0n) is 16.5. The first-order valence-corrected chi connectivity index (χ1v) is 9.97. The molecule has 3 aromatic carbocycles. The van der Waals surface area contributed by atoms with Gasteiger partial charge in [-0.3, -0.25) is 9.89 Å². The van der Waals surface area contributed by atoms with Crippen molar-refractivity contribution in [2.45, 2.75) is 6.61 Å². The Kier molecular flexibility index (Phi) is 6.40. The van der Waals surface area contributed by atoms with Crippen LogP contribution in [0.1, 0.15) is 21.6 Å². The molecule has 0 aliphatic heterocycles. The first kappa shape index (κ1) is 20.4. The molecule has 0 fully saturated rings. The maximum Gasteiger partial charge on any atom is 0.289 e. The van der Waals surface area contributed by atoms with E-state index in [9.17, 15) is 4.79 Å². The molecule has 0 unspecified atom stereocenters. The minimum absolute atomic E-state index is 0.293. The minimum atomic E-state index is -0.404. The number of hydrazone groups is 1. The van der Waals surface area contributed by atoms with Crippen molar-refractivity contribution in [3.8, 4) is 17.0 Å². The van der Waals surface area contributed by atoms with Gasteiger partial charge in [-0.15, -0.1) is 0 Å². The van der Waals surface area contributed by atoms with Crippen LogP contribution < -0.4 is 10.2 Å². The molecular weight excluding hydrogens is 412 g/mol. The predicted octanol–water partition coefficient (Wildman–Crippen LogP) is 5.07. The molecule has 1 amide bonds. The third-order valence-electron chi connectivity index (χ3n) is 4.48. The quantitative estimate of drug-likeness (QED) is 0.317. The third-order valence-corrected chi connectivity index (χ3v) is 4.82. The van der Waals surface area contributed by atoms with Crippen LogP contribution in [0.2, 0.25) is 5.02 Å². The Bertz CT molecular complexity index is 1200. The van der Waals surface area contributed by atoms with E-state index in [1.165, 1.54) is 6.21 Å². The number of aromatic amines is 1. The number of H-pyrrole nitrogens is 1. The molecular formula is C24H19ClN4O2. The van der Waals surface area contributed by atoms with E-state index >= 15 is 0 Å². The van der Waals surface area contributed by atoms with Gasteiger partial charge >= 0.3 is 0 Å². The summed E-state index contributed by atoms with van der Waals surface area (Å²) in [5.74, 6) is 0.318. The molecule has 0 radical (unpaired) electrons. The molecule has 6 nitrogen and oxygen atoms in total. The number of ether oxygens (including phenoxy) is 1. The Morgan fingerprint density at radius 3 is 2.68 bits per heavy atom. The highest BCUT2D eigenvalue weighted by Crippen LogP contribution is 2.23. The normalized spacial score (nSPS) is 10.9. The van der Waals surface area contributed by atoms with Crippen molar-refractivity contribution in [1.82, 2.24) is 15.6 Å². The van der Waals surface area contributed by atoms with Crippen molar-refractivity contribution >= 4 is 23.7 Å². The van der Waals surface area contributed by atoms with Crippen molar-refractivity contribution in [2.24, 2.45) is 5.10 Å². The summed E-state index contributed by atoms with van der Waals surface area (Å²) in [6.07, 6.45) is 1.49. The standard InChI is InChI=1S/C24H19ClN4O2/c25-21-12-5-4-9-19(21)15-26-29-24(30)23-14-22(27-28-23)18-10-6-11-20(13-18)31-16-17-7-2-1-3-8-17/h1-15H,16H2,(H,27,28)(H,29,30)/b26-15+. The summed E-state index contributed by atoms with van der Waals surface area (Å²) in [6.45, 7) is 0.474. The summed E-state index contributed by atoms with van der Waals surface area (Å²) in [6, 6.07) is 26.4. The molecule has 0 bridgehead atoms. The summed E-state index contributed by atoms with van der Waals surface area (Å²) in [4.78, 5) is 12.3. The lowest BCUT2D eigenvalue weighted by Crippen LogP contribution is -2.18. The fraction of sp³-hybridized carbons (Fsp3) is 0.0417. The Morgan fingerprint density at radius 1 is 1.03 bits per heavy atom. The zero-order chi connectivity index (χ0) is 21.5. The van der Waals surface area contributed by atoms with Gasteiger partial charge in [0.15, 0.2) is 0 Å². The van der Waals surface area contributed by atoms with Gasteiger partial charge in [0.2, 0.25) is 0 Å². The van der Waals surface area contributed by atoms with Gasteiger partial charge in [-0.2, -0.15) is 10.2 Å². The van der Waals surface area contributed by atoms with Crippen molar-refractivity contribution in [3.05, 3.63) is 107 Å². The van der Waals surface area contributed by atoms with E-state index in [1.807, 2.05) is 66.7 Å². The van der Waals surface area contributed by atoms with Gasteiger partial charge in [0, 0.05) is 16.1 Å². The van der Waals surface area contributed by atoms with E-state index in [4.69, 9.17) is 16.3 Å². The molecule has 0 saturated heterocycles.